The Hall–Kier alpha value is -1.61. The lowest BCUT2D eigenvalue weighted by Crippen LogP contribution is -2.02. The van der Waals surface area contributed by atoms with E-state index in [2.05, 4.69) is 17.2 Å². The summed E-state index contributed by atoms with van der Waals surface area (Å²) in [6.45, 7) is 4.39. The molecular weight excluding hydrogens is 176 g/mol. The third-order valence-corrected chi connectivity index (χ3v) is 1.35. The highest BCUT2D eigenvalue weighted by Crippen LogP contribution is 2.01. The van der Waals surface area contributed by atoms with Crippen LogP contribution >= 0.6 is 0 Å². The summed E-state index contributed by atoms with van der Waals surface area (Å²) in [5.74, 6) is 0. The largest absolute Gasteiger partial charge is 0.329 e. The van der Waals surface area contributed by atoms with E-state index in [4.69, 9.17) is 0 Å². The molecular formula is C11H16N2O. The number of likely N-dealkylation sites (N-methyl/N-ethyl adjacent to an activating group) is 1. The molecule has 0 heterocycles. The minimum Gasteiger partial charge on any atom is -0.329 e. The number of hydrogen-bond donors (Lipinski definition) is 2. The molecule has 1 aromatic carbocycles. The Morgan fingerprint density at radius 2 is 2.00 bits per heavy atom. The number of carbonyl (C=O) groups is 1. The van der Waals surface area contributed by atoms with Gasteiger partial charge >= 0.3 is 0 Å². The van der Waals surface area contributed by atoms with Crippen molar-refractivity contribution in [2.24, 2.45) is 0 Å². The number of hydrogen-bond acceptors (Lipinski definition) is 2. The Bertz CT molecular complexity index is 247. The van der Waals surface area contributed by atoms with Gasteiger partial charge in [-0.25, -0.2) is 0 Å². The standard InChI is InChI=1S/C7H7NO.C4H9N/c9-6-8-7-4-2-1-3-5-7;1-3-4-5-2/h1-6H,(H,8,9);3,5H,1,4H2,2H3. The molecule has 1 rings (SSSR count). The van der Waals surface area contributed by atoms with Crippen LogP contribution < -0.4 is 10.6 Å². The minimum atomic E-state index is 0.662. The summed E-state index contributed by atoms with van der Waals surface area (Å²) >= 11 is 0. The lowest BCUT2D eigenvalue weighted by molar-refractivity contribution is -0.105. The number of carbonyl (C=O) groups excluding carboxylic acids is 1. The number of amides is 1. The highest BCUT2D eigenvalue weighted by Gasteiger charge is 1.81. The smallest absolute Gasteiger partial charge is 0.211 e. The molecule has 3 nitrogen and oxygen atoms in total. The highest BCUT2D eigenvalue weighted by molar-refractivity contribution is 5.70. The van der Waals surface area contributed by atoms with Gasteiger partial charge in [-0.3, -0.25) is 4.79 Å². The van der Waals surface area contributed by atoms with Gasteiger partial charge in [0, 0.05) is 12.2 Å². The van der Waals surface area contributed by atoms with Crippen molar-refractivity contribution in [3.8, 4) is 0 Å². The summed E-state index contributed by atoms with van der Waals surface area (Å²) in [6.07, 6.45) is 2.48. The molecule has 1 aromatic rings. The van der Waals surface area contributed by atoms with Gasteiger partial charge in [-0.2, -0.15) is 0 Å². The molecule has 0 unspecified atom stereocenters. The van der Waals surface area contributed by atoms with Crippen LogP contribution in [0.15, 0.2) is 43.0 Å². The number of benzene rings is 1. The van der Waals surface area contributed by atoms with Crippen molar-refractivity contribution in [1.82, 2.24) is 5.32 Å². The maximum Gasteiger partial charge on any atom is 0.211 e. The third kappa shape index (κ3) is 7.06. The van der Waals surface area contributed by atoms with Crippen molar-refractivity contribution in [3.63, 3.8) is 0 Å². The Kier molecular flexibility index (Phi) is 8.39. The summed E-state index contributed by atoms with van der Waals surface area (Å²) in [4.78, 5) is 9.86. The van der Waals surface area contributed by atoms with Crippen LogP contribution in [0.3, 0.4) is 0 Å². The fraction of sp³-hybridized carbons (Fsp3) is 0.182. The molecule has 1 amide bonds. The first-order valence-corrected chi connectivity index (χ1v) is 4.36. The first-order valence-electron chi connectivity index (χ1n) is 4.36. The van der Waals surface area contributed by atoms with Crippen LogP contribution in [0.5, 0.6) is 0 Å². The zero-order chi connectivity index (χ0) is 10.6. The second-order valence-electron chi connectivity index (χ2n) is 2.47. The predicted molar refractivity (Wildman–Crippen MR) is 60.3 cm³/mol. The van der Waals surface area contributed by atoms with Crippen LogP contribution in [0.1, 0.15) is 0 Å². The average molecular weight is 192 g/mol. The maximum atomic E-state index is 9.86. The van der Waals surface area contributed by atoms with E-state index in [0.29, 0.717) is 6.41 Å². The predicted octanol–water partition coefficient (Wildman–Crippen LogP) is 1.65. The summed E-state index contributed by atoms with van der Waals surface area (Å²) in [6, 6.07) is 9.29. The molecule has 0 aromatic heterocycles. The van der Waals surface area contributed by atoms with Crippen molar-refractivity contribution in [3.05, 3.63) is 43.0 Å². The van der Waals surface area contributed by atoms with Crippen LogP contribution in [0.25, 0.3) is 0 Å². The average Bonchev–Trinajstić information content (AvgIpc) is 2.22. The molecule has 0 aliphatic carbocycles. The second-order valence-corrected chi connectivity index (χ2v) is 2.47. The number of anilines is 1. The third-order valence-electron chi connectivity index (χ3n) is 1.35. The lowest BCUT2D eigenvalue weighted by atomic mass is 10.3. The van der Waals surface area contributed by atoms with Crippen LogP contribution in [-0.2, 0) is 4.79 Å². The first kappa shape index (κ1) is 12.4. The molecule has 2 N–H and O–H groups in total. The summed E-state index contributed by atoms with van der Waals surface area (Å²) in [5.41, 5.74) is 0.826. The molecule has 0 aliphatic heterocycles. The summed E-state index contributed by atoms with van der Waals surface area (Å²) in [5, 5.41) is 5.43. The number of nitrogens with one attached hydrogen (secondary N) is 2. The molecule has 0 spiro atoms. The summed E-state index contributed by atoms with van der Waals surface area (Å²) < 4.78 is 0. The van der Waals surface area contributed by atoms with Gasteiger partial charge in [0.05, 0.1) is 0 Å². The highest BCUT2D eigenvalue weighted by atomic mass is 16.1. The van der Waals surface area contributed by atoms with Crippen LogP contribution in [-0.4, -0.2) is 20.0 Å². The van der Waals surface area contributed by atoms with Crippen LogP contribution in [0.4, 0.5) is 5.69 Å². The van der Waals surface area contributed by atoms with Crippen molar-refractivity contribution < 1.29 is 4.79 Å². The zero-order valence-corrected chi connectivity index (χ0v) is 8.36. The van der Waals surface area contributed by atoms with Crippen LogP contribution in [0, 0.1) is 0 Å². The van der Waals surface area contributed by atoms with Crippen molar-refractivity contribution in [1.29, 1.82) is 0 Å². The SMILES string of the molecule is C=CCNC.O=CNc1ccccc1. The van der Waals surface area contributed by atoms with Gasteiger partial charge in [-0.05, 0) is 19.2 Å². The van der Waals surface area contributed by atoms with Gasteiger partial charge in [0.15, 0.2) is 0 Å². The van der Waals surface area contributed by atoms with Crippen LogP contribution in [0.2, 0.25) is 0 Å². The van der Waals surface area contributed by atoms with Crippen molar-refractivity contribution in [2.75, 3.05) is 18.9 Å². The monoisotopic (exact) mass is 192 g/mol. The van der Waals surface area contributed by atoms with Crippen molar-refractivity contribution >= 4 is 12.1 Å². The second kappa shape index (κ2) is 9.48. The van der Waals surface area contributed by atoms with Gasteiger partial charge in [-0.1, -0.05) is 24.3 Å². The Morgan fingerprint density at radius 1 is 1.36 bits per heavy atom. The van der Waals surface area contributed by atoms with E-state index in [0.717, 1.165) is 12.2 Å². The molecule has 0 radical (unpaired) electrons. The van der Waals surface area contributed by atoms with E-state index < -0.39 is 0 Å². The number of rotatable bonds is 4. The molecule has 76 valence electrons. The molecule has 0 saturated heterocycles. The van der Waals surface area contributed by atoms with Gasteiger partial charge in [0.25, 0.3) is 0 Å². The maximum absolute atomic E-state index is 9.86. The molecule has 3 heteroatoms. The van der Waals surface area contributed by atoms with E-state index >= 15 is 0 Å². The first-order chi connectivity index (χ1) is 6.85. The Morgan fingerprint density at radius 3 is 2.36 bits per heavy atom. The number of para-hydroxylation sites is 1. The topological polar surface area (TPSA) is 41.1 Å². The molecule has 0 aliphatic rings. The fourth-order valence-corrected chi connectivity index (χ4v) is 0.747. The van der Waals surface area contributed by atoms with E-state index in [-0.39, 0.29) is 0 Å². The van der Waals surface area contributed by atoms with Crippen molar-refractivity contribution in [2.45, 2.75) is 0 Å². The van der Waals surface area contributed by atoms with Gasteiger partial charge in [0.2, 0.25) is 6.41 Å². The Labute approximate surface area is 84.8 Å². The quantitative estimate of drug-likeness (QED) is 0.562. The minimum absolute atomic E-state index is 0.662. The molecule has 14 heavy (non-hydrogen) atoms. The molecule has 0 bridgehead atoms. The van der Waals surface area contributed by atoms with E-state index in [1.165, 1.54) is 0 Å². The molecule has 0 saturated carbocycles. The molecule has 0 fully saturated rings. The van der Waals surface area contributed by atoms with E-state index in [1.54, 1.807) is 0 Å². The fourth-order valence-electron chi connectivity index (χ4n) is 0.747. The molecule has 0 atom stereocenters. The van der Waals surface area contributed by atoms with Gasteiger partial charge in [-0.15, -0.1) is 6.58 Å². The zero-order valence-electron chi connectivity index (χ0n) is 8.36. The van der Waals surface area contributed by atoms with Gasteiger partial charge in [0.1, 0.15) is 0 Å². The summed E-state index contributed by atoms with van der Waals surface area (Å²) in [7, 11) is 1.89. The Balaban J connectivity index is 0.000000292. The van der Waals surface area contributed by atoms with Gasteiger partial charge < -0.3 is 10.6 Å². The normalized spacial score (nSPS) is 8.07. The van der Waals surface area contributed by atoms with E-state index in [1.807, 2.05) is 43.5 Å². The lowest BCUT2D eigenvalue weighted by Gasteiger charge is -1.93. The van der Waals surface area contributed by atoms with E-state index in [9.17, 15) is 4.79 Å².